The number of piperidine rings is 1. The molecule has 0 aromatic carbocycles. The highest BCUT2D eigenvalue weighted by molar-refractivity contribution is 5.80. The van der Waals surface area contributed by atoms with Crippen molar-refractivity contribution in [3.63, 3.8) is 0 Å². The van der Waals surface area contributed by atoms with Crippen LogP contribution in [-0.4, -0.2) is 77.7 Å². The fourth-order valence-corrected chi connectivity index (χ4v) is 3.71. The third-order valence-corrected chi connectivity index (χ3v) is 4.95. The normalized spacial score (nSPS) is 24.0. The number of β-amino-alcohol motifs (C(OH)–C–C–N with tert-alkyl or cyclic N) is 1. The van der Waals surface area contributed by atoms with Crippen molar-refractivity contribution in [3.05, 3.63) is 24.4 Å². The first-order chi connectivity index (χ1) is 11.6. The maximum atomic E-state index is 12.9. The van der Waals surface area contributed by atoms with Crippen LogP contribution in [0.4, 0.5) is 5.82 Å². The molecule has 1 aromatic rings. The smallest absolute Gasteiger partial charge is 0.227 e. The van der Waals surface area contributed by atoms with E-state index in [1.807, 2.05) is 36.2 Å². The summed E-state index contributed by atoms with van der Waals surface area (Å²) in [6.07, 6.45) is 3.50. The van der Waals surface area contributed by atoms with E-state index in [-0.39, 0.29) is 17.9 Å². The highest BCUT2D eigenvalue weighted by Gasteiger charge is 2.31. The third-order valence-electron chi connectivity index (χ3n) is 4.95. The van der Waals surface area contributed by atoms with Gasteiger partial charge in [-0.25, -0.2) is 4.98 Å². The Morgan fingerprint density at radius 3 is 2.75 bits per heavy atom. The summed E-state index contributed by atoms with van der Waals surface area (Å²) in [7, 11) is 0. The number of rotatable bonds is 4. The number of carbonyl (C=O) groups excluding carboxylic acids is 1. The van der Waals surface area contributed by atoms with Crippen molar-refractivity contribution >= 4 is 11.7 Å². The summed E-state index contributed by atoms with van der Waals surface area (Å²) in [6.45, 7) is 7.50. The summed E-state index contributed by atoms with van der Waals surface area (Å²) < 4.78 is 0. The van der Waals surface area contributed by atoms with Crippen LogP contribution in [0.25, 0.3) is 0 Å². The molecule has 3 heterocycles. The molecule has 2 aliphatic heterocycles. The minimum Gasteiger partial charge on any atom is -0.392 e. The molecular weight excluding hydrogens is 304 g/mol. The van der Waals surface area contributed by atoms with Gasteiger partial charge in [0.1, 0.15) is 5.82 Å². The minimum atomic E-state index is -0.308. The monoisotopic (exact) mass is 332 g/mol. The summed E-state index contributed by atoms with van der Waals surface area (Å²) in [5.41, 5.74) is 0. The van der Waals surface area contributed by atoms with Gasteiger partial charge in [0.2, 0.25) is 5.91 Å². The number of hydrogen-bond donors (Lipinski definition) is 1. The first kappa shape index (κ1) is 17.2. The highest BCUT2D eigenvalue weighted by Crippen LogP contribution is 2.23. The molecule has 2 aliphatic rings. The number of aliphatic hydroxyl groups excluding tert-OH is 1. The Bertz CT molecular complexity index is 529. The first-order valence-electron chi connectivity index (χ1n) is 8.98. The van der Waals surface area contributed by atoms with Gasteiger partial charge < -0.3 is 14.9 Å². The number of carbonyl (C=O) groups is 1. The van der Waals surface area contributed by atoms with E-state index in [9.17, 15) is 9.90 Å². The first-order valence-corrected chi connectivity index (χ1v) is 8.98. The topological polar surface area (TPSA) is 59.9 Å². The number of nitrogens with zero attached hydrogens (tertiary/aromatic N) is 4. The number of pyridine rings is 1. The van der Waals surface area contributed by atoms with Crippen LogP contribution in [0.3, 0.4) is 0 Å². The fourth-order valence-electron chi connectivity index (χ4n) is 3.71. The Kier molecular flexibility index (Phi) is 5.68. The number of hydrogen-bond acceptors (Lipinski definition) is 5. The second-order valence-corrected chi connectivity index (χ2v) is 6.95. The Balaban J connectivity index is 1.54. The van der Waals surface area contributed by atoms with Crippen molar-refractivity contribution in [3.8, 4) is 0 Å². The van der Waals surface area contributed by atoms with Crippen LogP contribution in [0.5, 0.6) is 0 Å². The zero-order valence-electron chi connectivity index (χ0n) is 14.5. The summed E-state index contributed by atoms with van der Waals surface area (Å²) in [6, 6.07) is 5.93. The Hall–Kier alpha value is -1.66. The van der Waals surface area contributed by atoms with Gasteiger partial charge in [-0.05, 0) is 31.9 Å². The Morgan fingerprint density at radius 2 is 2.08 bits per heavy atom. The van der Waals surface area contributed by atoms with E-state index in [4.69, 9.17) is 0 Å². The molecule has 0 radical (unpaired) electrons. The van der Waals surface area contributed by atoms with Gasteiger partial charge in [-0.15, -0.1) is 0 Å². The van der Waals surface area contributed by atoms with E-state index in [1.54, 1.807) is 0 Å². The van der Waals surface area contributed by atoms with Gasteiger partial charge >= 0.3 is 0 Å². The molecule has 1 aromatic heterocycles. The summed E-state index contributed by atoms with van der Waals surface area (Å²) >= 11 is 0. The van der Waals surface area contributed by atoms with Crippen molar-refractivity contribution in [1.82, 2.24) is 14.8 Å². The number of anilines is 1. The van der Waals surface area contributed by atoms with Crippen LogP contribution in [0, 0.1) is 5.92 Å². The van der Waals surface area contributed by atoms with Gasteiger partial charge in [0.15, 0.2) is 0 Å². The number of piperazine rings is 1. The van der Waals surface area contributed by atoms with E-state index in [2.05, 4.69) is 14.8 Å². The van der Waals surface area contributed by atoms with E-state index in [0.29, 0.717) is 6.54 Å². The quantitative estimate of drug-likeness (QED) is 0.885. The van der Waals surface area contributed by atoms with Gasteiger partial charge in [-0.2, -0.15) is 0 Å². The van der Waals surface area contributed by atoms with Crippen LogP contribution in [0.1, 0.15) is 19.8 Å². The summed E-state index contributed by atoms with van der Waals surface area (Å²) in [5, 5.41) is 9.49. The molecule has 0 unspecified atom stereocenters. The fraction of sp³-hybridized carbons (Fsp3) is 0.667. The molecule has 6 heteroatoms. The van der Waals surface area contributed by atoms with E-state index in [1.165, 1.54) is 0 Å². The third kappa shape index (κ3) is 4.24. The maximum Gasteiger partial charge on any atom is 0.227 e. The predicted molar refractivity (Wildman–Crippen MR) is 93.9 cm³/mol. The van der Waals surface area contributed by atoms with Crippen molar-refractivity contribution in [1.29, 1.82) is 0 Å². The molecule has 0 spiro atoms. The molecule has 6 nitrogen and oxygen atoms in total. The zero-order chi connectivity index (χ0) is 16.9. The average Bonchev–Trinajstić information content (AvgIpc) is 2.62. The molecule has 2 saturated heterocycles. The van der Waals surface area contributed by atoms with Gasteiger partial charge in [0.25, 0.3) is 0 Å². The number of aromatic nitrogens is 1. The molecule has 0 saturated carbocycles. The SMILES string of the molecule is C[C@@H](O)CN1CCN(C(=O)[C@H]2CCCN(c3ccccn3)C2)CC1. The van der Waals surface area contributed by atoms with Crippen LogP contribution >= 0.6 is 0 Å². The van der Waals surface area contributed by atoms with Gasteiger partial charge in [0.05, 0.1) is 12.0 Å². The van der Waals surface area contributed by atoms with E-state index >= 15 is 0 Å². The Labute approximate surface area is 144 Å². The lowest BCUT2D eigenvalue weighted by Crippen LogP contribution is -2.53. The molecule has 2 fully saturated rings. The molecular formula is C18H28N4O2. The Morgan fingerprint density at radius 1 is 1.29 bits per heavy atom. The molecule has 24 heavy (non-hydrogen) atoms. The lowest BCUT2D eigenvalue weighted by Gasteiger charge is -2.39. The van der Waals surface area contributed by atoms with Crippen molar-refractivity contribution in [2.24, 2.45) is 5.92 Å². The highest BCUT2D eigenvalue weighted by atomic mass is 16.3. The molecule has 0 bridgehead atoms. The minimum absolute atomic E-state index is 0.0732. The standard InChI is InChI=1S/C18H28N4O2/c1-15(23)13-20-9-11-21(12-10-20)18(24)16-5-4-8-22(14-16)17-6-2-3-7-19-17/h2-3,6-7,15-16,23H,4-5,8-14H2,1H3/t15-,16+/m1/s1. The second kappa shape index (κ2) is 7.94. The van der Waals surface area contributed by atoms with Crippen LogP contribution in [0.15, 0.2) is 24.4 Å². The summed E-state index contributed by atoms with van der Waals surface area (Å²) in [5.74, 6) is 1.33. The lowest BCUT2D eigenvalue weighted by molar-refractivity contribution is -0.137. The number of aliphatic hydroxyl groups is 1. The van der Waals surface area contributed by atoms with Gasteiger partial charge in [-0.1, -0.05) is 6.07 Å². The van der Waals surface area contributed by atoms with Crippen LogP contribution in [0.2, 0.25) is 0 Å². The molecule has 1 N–H and O–H groups in total. The largest absolute Gasteiger partial charge is 0.392 e. The molecule has 132 valence electrons. The van der Waals surface area contributed by atoms with Gasteiger partial charge in [0, 0.05) is 52.0 Å². The number of amides is 1. The van der Waals surface area contributed by atoms with Crippen LogP contribution in [-0.2, 0) is 4.79 Å². The second-order valence-electron chi connectivity index (χ2n) is 6.95. The average molecular weight is 332 g/mol. The molecule has 2 atom stereocenters. The lowest BCUT2D eigenvalue weighted by atomic mass is 9.96. The van der Waals surface area contributed by atoms with E-state index < -0.39 is 0 Å². The van der Waals surface area contributed by atoms with Crippen molar-refractivity contribution < 1.29 is 9.90 Å². The summed E-state index contributed by atoms with van der Waals surface area (Å²) in [4.78, 5) is 23.8. The molecule has 0 aliphatic carbocycles. The van der Waals surface area contributed by atoms with Crippen LogP contribution < -0.4 is 4.90 Å². The predicted octanol–water partition coefficient (Wildman–Crippen LogP) is 0.823. The molecule has 3 rings (SSSR count). The van der Waals surface area contributed by atoms with Gasteiger partial charge in [-0.3, -0.25) is 9.69 Å². The maximum absolute atomic E-state index is 12.9. The van der Waals surface area contributed by atoms with Crippen molar-refractivity contribution in [2.45, 2.75) is 25.9 Å². The van der Waals surface area contributed by atoms with E-state index in [0.717, 1.165) is 57.9 Å². The zero-order valence-corrected chi connectivity index (χ0v) is 14.5. The van der Waals surface area contributed by atoms with Crippen molar-refractivity contribution in [2.75, 3.05) is 50.7 Å². The molecule has 1 amide bonds.